The second-order valence-corrected chi connectivity index (χ2v) is 15.6. The first-order valence-electron chi connectivity index (χ1n) is 16.8. The standard InChI is InChI=1S/C35H50ClN3O7S/c1-24-21-39(25(2)23-40)35(42)31-20-29(37-34(41)27-11-6-5-7-12-27)15-18-32(31)46-26(3)10-8-9-19-45-33(24)22-38(4)47(43,44)30-16-13-28(36)14-17-30/h13-18,20,24-27,33,40H,5-12,19,21-23H2,1-4H3,(H,37,41)/t24-,25+,26-,33-/m0/s1. The smallest absolute Gasteiger partial charge is 0.258 e. The van der Waals surface area contributed by atoms with Gasteiger partial charge in [0.1, 0.15) is 5.75 Å². The first kappa shape index (κ1) is 37.1. The van der Waals surface area contributed by atoms with Gasteiger partial charge in [-0.1, -0.05) is 37.8 Å². The van der Waals surface area contributed by atoms with E-state index in [4.69, 9.17) is 21.1 Å². The summed E-state index contributed by atoms with van der Waals surface area (Å²) in [5.41, 5.74) is 0.813. The van der Waals surface area contributed by atoms with Crippen molar-refractivity contribution >= 4 is 39.1 Å². The molecule has 0 saturated heterocycles. The van der Waals surface area contributed by atoms with E-state index in [2.05, 4.69) is 5.32 Å². The Hall–Kier alpha value is -2.70. The number of amides is 2. The number of ether oxygens (including phenoxy) is 2. The highest BCUT2D eigenvalue weighted by molar-refractivity contribution is 7.89. The summed E-state index contributed by atoms with van der Waals surface area (Å²) in [6.45, 7) is 6.03. The lowest BCUT2D eigenvalue weighted by Crippen LogP contribution is -2.48. The van der Waals surface area contributed by atoms with Crippen LogP contribution in [0.4, 0.5) is 5.69 Å². The van der Waals surface area contributed by atoms with Gasteiger partial charge in [0, 0.05) is 49.3 Å². The lowest BCUT2D eigenvalue weighted by molar-refractivity contribution is -0.120. The van der Waals surface area contributed by atoms with Crippen molar-refractivity contribution in [3.63, 3.8) is 0 Å². The van der Waals surface area contributed by atoms with E-state index in [1.54, 1.807) is 30.0 Å². The number of sulfonamides is 1. The first-order valence-corrected chi connectivity index (χ1v) is 18.6. The maximum atomic E-state index is 14.4. The minimum absolute atomic E-state index is 0.0425. The lowest BCUT2D eigenvalue weighted by Gasteiger charge is -2.35. The number of hydrogen-bond acceptors (Lipinski definition) is 7. The summed E-state index contributed by atoms with van der Waals surface area (Å²) in [6, 6.07) is 10.6. The molecule has 12 heteroatoms. The molecule has 0 unspecified atom stereocenters. The summed E-state index contributed by atoms with van der Waals surface area (Å²) in [5.74, 6) is -0.336. The molecule has 2 amide bonds. The largest absolute Gasteiger partial charge is 0.490 e. The van der Waals surface area contributed by atoms with E-state index < -0.39 is 22.2 Å². The van der Waals surface area contributed by atoms with Crippen molar-refractivity contribution in [1.29, 1.82) is 0 Å². The molecule has 2 N–H and O–H groups in total. The normalized spacial score (nSPS) is 23.0. The highest BCUT2D eigenvalue weighted by Crippen LogP contribution is 2.30. The molecular weight excluding hydrogens is 642 g/mol. The average Bonchev–Trinajstić information content (AvgIpc) is 3.06. The van der Waals surface area contributed by atoms with Crippen LogP contribution in [0, 0.1) is 11.8 Å². The van der Waals surface area contributed by atoms with Crippen molar-refractivity contribution in [3.8, 4) is 5.75 Å². The van der Waals surface area contributed by atoms with Gasteiger partial charge in [0.2, 0.25) is 15.9 Å². The molecule has 0 aromatic heterocycles. The number of benzene rings is 2. The van der Waals surface area contributed by atoms with Crippen LogP contribution in [0.2, 0.25) is 5.02 Å². The number of nitrogens with one attached hydrogen (secondary N) is 1. The minimum atomic E-state index is -3.83. The number of likely N-dealkylation sites (N-methyl/N-ethyl adjacent to an activating group) is 1. The van der Waals surface area contributed by atoms with Gasteiger partial charge in [0.05, 0.1) is 35.3 Å². The number of anilines is 1. The third-order valence-corrected chi connectivity index (χ3v) is 11.3. The lowest BCUT2D eigenvalue weighted by atomic mass is 9.88. The number of nitrogens with zero attached hydrogens (tertiary/aromatic N) is 2. The number of carbonyl (C=O) groups is 2. The van der Waals surface area contributed by atoms with Crippen LogP contribution in [0.25, 0.3) is 0 Å². The average molecular weight is 692 g/mol. The Kier molecular flexibility index (Phi) is 13.5. The molecule has 2 aliphatic rings. The van der Waals surface area contributed by atoms with Gasteiger partial charge in [-0.3, -0.25) is 9.59 Å². The zero-order valence-corrected chi connectivity index (χ0v) is 29.6. The van der Waals surface area contributed by atoms with Gasteiger partial charge in [-0.15, -0.1) is 0 Å². The molecule has 1 saturated carbocycles. The van der Waals surface area contributed by atoms with Crippen molar-refractivity contribution in [2.24, 2.45) is 11.8 Å². The van der Waals surface area contributed by atoms with Crippen molar-refractivity contribution in [2.75, 3.05) is 38.7 Å². The number of rotatable bonds is 8. The fraction of sp³-hybridized carbons (Fsp3) is 0.600. The Balaban J connectivity index is 1.62. The van der Waals surface area contributed by atoms with E-state index in [9.17, 15) is 23.1 Å². The van der Waals surface area contributed by atoms with Crippen LogP contribution in [-0.2, 0) is 19.6 Å². The SMILES string of the molecule is C[C@H](CO)N1C[C@H](C)[C@H](CN(C)S(=O)(=O)c2ccc(Cl)cc2)OCCCC[C@H](C)Oc2ccc(NC(=O)C3CCCCC3)cc2C1=O. The van der Waals surface area contributed by atoms with E-state index in [1.807, 2.05) is 13.8 Å². The van der Waals surface area contributed by atoms with Gasteiger partial charge in [-0.25, -0.2) is 8.42 Å². The molecule has 1 aliphatic heterocycles. The molecule has 2 aromatic rings. The van der Waals surface area contributed by atoms with Gasteiger partial charge in [0.25, 0.3) is 5.91 Å². The van der Waals surface area contributed by atoms with Gasteiger partial charge in [-0.05, 0) is 88.4 Å². The van der Waals surface area contributed by atoms with Crippen LogP contribution in [0.15, 0.2) is 47.4 Å². The van der Waals surface area contributed by atoms with Crippen LogP contribution < -0.4 is 10.1 Å². The third-order valence-electron chi connectivity index (χ3n) is 9.25. The number of hydrogen-bond donors (Lipinski definition) is 2. The first-order chi connectivity index (χ1) is 22.4. The molecule has 260 valence electrons. The zero-order valence-electron chi connectivity index (χ0n) is 28.0. The van der Waals surface area contributed by atoms with Crippen molar-refractivity contribution in [3.05, 3.63) is 53.1 Å². The maximum Gasteiger partial charge on any atom is 0.258 e. The number of fused-ring (bicyclic) bond motifs is 1. The van der Waals surface area contributed by atoms with Crippen LogP contribution in [0.1, 0.15) is 82.5 Å². The van der Waals surface area contributed by atoms with E-state index in [1.165, 1.54) is 35.6 Å². The minimum Gasteiger partial charge on any atom is -0.490 e. The molecule has 4 atom stereocenters. The third kappa shape index (κ3) is 9.92. The highest BCUT2D eigenvalue weighted by atomic mass is 35.5. The van der Waals surface area contributed by atoms with Crippen LogP contribution >= 0.6 is 11.6 Å². The molecular formula is C35H50ClN3O7S. The molecule has 10 nitrogen and oxygen atoms in total. The molecule has 0 spiro atoms. The fourth-order valence-electron chi connectivity index (χ4n) is 6.21. The van der Waals surface area contributed by atoms with E-state index in [-0.39, 0.29) is 54.3 Å². The Morgan fingerprint density at radius 3 is 2.43 bits per heavy atom. The quantitative estimate of drug-likeness (QED) is 0.349. The zero-order chi connectivity index (χ0) is 34.1. The Bertz CT molecular complexity index is 1450. The molecule has 1 heterocycles. The van der Waals surface area contributed by atoms with Gasteiger partial charge in [0.15, 0.2) is 0 Å². The molecule has 1 aliphatic carbocycles. The monoisotopic (exact) mass is 691 g/mol. The summed E-state index contributed by atoms with van der Waals surface area (Å²) >= 11 is 5.99. The molecule has 0 radical (unpaired) electrons. The van der Waals surface area contributed by atoms with Gasteiger partial charge in [-0.2, -0.15) is 4.31 Å². The predicted octanol–water partition coefficient (Wildman–Crippen LogP) is 5.98. The molecule has 2 aromatic carbocycles. The summed E-state index contributed by atoms with van der Waals surface area (Å²) in [5, 5.41) is 13.7. The van der Waals surface area contributed by atoms with Gasteiger partial charge >= 0.3 is 0 Å². The number of halogens is 1. The van der Waals surface area contributed by atoms with E-state index in [0.717, 1.165) is 51.4 Å². The number of carbonyl (C=O) groups excluding carboxylic acids is 2. The predicted molar refractivity (Wildman–Crippen MR) is 183 cm³/mol. The maximum absolute atomic E-state index is 14.4. The molecule has 1 fully saturated rings. The van der Waals surface area contributed by atoms with Crippen LogP contribution in [-0.4, -0.2) is 86.1 Å². The second kappa shape index (κ2) is 17.1. The number of aliphatic hydroxyl groups excluding tert-OH is 1. The molecule has 4 rings (SSSR count). The summed E-state index contributed by atoms with van der Waals surface area (Å²) in [7, 11) is -2.32. The van der Waals surface area contributed by atoms with Crippen molar-refractivity contribution < 1.29 is 32.6 Å². The summed E-state index contributed by atoms with van der Waals surface area (Å²) in [6.07, 6.45) is 6.47. The fourth-order valence-corrected chi connectivity index (χ4v) is 7.52. The van der Waals surface area contributed by atoms with Crippen molar-refractivity contribution in [2.45, 2.75) is 95.3 Å². The highest BCUT2D eigenvalue weighted by Gasteiger charge is 2.33. The van der Waals surface area contributed by atoms with E-state index in [0.29, 0.717) is 28.6 Å². The van der Waals surface area contributed by atoms with Crippen LogP contribution in [0.5, 0.6) is 5.75 Å². The van der Waals surface area contributed by atoms with Crippen LogP contribution in [0.3, 0.4) is 0 Å². The second-order valence-electron chi connectivity index (χ2n) is 13.1. The number of aliphatic hydroxyl groups is 1. The Labute approximate surface area is 284 Å². The topological polar surface area (TPSA) is 125 Å². The molecule has 47 heavy (non-hydrogen) atoms. The van der Waals surface area contributed by atoms with Gasteiger partial charge < -0.3 is 24.8 Å². The summed E-state index contributed by atoms with van der Waals surface area (Å²) in [4.78, 5) is 29.1. The van der Waals surface area contributed by atoms with E-state index >= 15 is 0 Å². The molecule has 0 bridgehead atoms. The Morgan fingerprint density at radius 2 is 1.74 bits per heavy atom. The summed E-state index contributed by atoms with van der Waals surface area (Å²) < 4.78 is 40.7. The van der Waals surface area contributed by atoms with Crippen molar-refractivity contribution in [1.82, 2.24) is 9.21 Å². The Morgan fingerprint density at radius 1 is 1.06 bits per heavy atom.